The van der Waals surface area contributed by atoms with Gasteiger partial charge in [0.05, 0.1) is 31.2 Å². The molecule has 0 bridgehead atoms. The second-order valence-corrected chi connectivity index (χ2v) is 4.38. The molecule has 0 aliphatic heterocycles. The van der Waals surface area contributed by atoms with Crippen LogP contribution in [0.15, 0.2) is 18.5 Å². The maximum Gasteiger partial charge on any atom is 0.224 e. The molecule has 0 spiro atoms. The summed E-state index contributed by atoms with van der Waals surface area (Å²) in [6.07, 6.45) is 1.45. The molecule has 1 heterocycles. The Morgan fingerprint density at radius 2 is 1.45 bits per heavy atom. The van der Waals surface area contributed by atoms with E-state index < -0.39 is 0 Å². The van der Waals surface area contributed by atoms with Gasteiger partial charge in [-0.3, -0.25) is 0 Å². The Balaban J connectivity index is 2.33. The standard InChI is InChI=1S/C15H20N2O5/c1-18-4-6-21-13-8-11-12(16-10-17-15(11)20-3)9-14(13)22-7-5-19-2/h8-10H,4-7H2,1-3H3. The highest BCUT2D eigenvalue weighted by Crippen LogP contribution is 2.34. The quantitative estimate of drug-likeness (QED) is 0.653. The zero-order valence-corrected chi connectivity index (χ0v) is 13.0. The summed E-state index contributed by atoms with van der Waals surface area (Å²) >= 11 is 0. The largest absolute Gasteiger partial charge is 0.487 e. The molecule has 2 aromatic rings. The molecule has 120 valence electrons. The highest BCUT2D eigenvalue weighted by molar-refractivity contribution is 5.86. The summed E-state index contributed by atoms with van der Waals surface area (Å²) in [5.41, 5.74) is 0.721. The van der Waals surface area contributed by atoms with Crippen LogP contribution in [0.25, 0.3) is 10.9 Å². The van der Waals surface area contributed by atoms with Crippen molar-refractivity contribution in [3.8, 4) is 17.4 Å². The molecule has 1 aromatic carbocycles. The Hall–Kier alpha value is -2.12. The fourth-order valence-corrected chi connectivity index (χ4v) is 1.90. The van der Waals surface area contributed by atoms with E-state index >= 15 is 0 Å². The lowest BCUT2D eigenvalue weighted by molar-refractivity contribution is 0.132. The first-order valence-corrected chi connectivity index (χ1v) is 6.86. The molecule has 0 saturated heterocycles. The third-order valence-electron chi connectivity index (χ3n) is 2.95. The van der Waals surface area contributed by atoms with Gasteiger partial charge in [0.25, 0.3) is 0 Å². The first-order valence-electron chi connectivity index (χ1n) is 6.86. The Kier molecular flexibility index (Phi) is 6.17. The van der Waals surface area contributed by atoms with Crippen LogP contribution in [0.2, 0.25) is 0 Å². The summed E-state index contributed by atoms with van der Waals surface area (Å²) in [5.74, 6) is 1.68. The van der Waals surface area contributed by atoms with Crippen LogP contribution in [0.3, 0.4) is 0 Å². The molecule has 0 aliphatic rings. The highest BCUT2D eigenvalue weighted by atomic mass is 16.5. The molecule has 0 aliphatic carbocycles. The van der Waals surface area contributed by atoms with Crippen LogP contribution in [0.5, 0.6) is 17.4 Å². The van der Waals surface area contributed by atoms with E-state index in [1.807, 2.05) is 6.07 Å². The Morgan fingerprint density at radius 3 is 2.05 bits per heavy atom. The normalized spacial score (nSPS) is 10.7. The number of benzene rings is 1. The van der Waals surface area contributed by atoms with Gasteiger partial charge in [0.2, 0.25) is 5.88 Å². The average Bonchev–Trinajstić information content (AvgIpc) is 2.55. The first-order chi connectivity index (χ1) is 10.8. The fraction of sp³-hybridized carbons (Fsp3) is 0.467. The predicted molar refractivity (Wildman–Crippen MR) is 80.8 cm³/mol. The van der Waals surface area contributed by atoms with E-state index in [-0.39, 0.29) is 0 Å². The molecule has 7 heteroatoms. The van der Waals surface area contributed by atoms with E-state index in [0.717, 1.165) is 10.9 Å². The number of rotatable bonds is 9. The molecular formula is C15H20N2O5. The number of hydrogen-bond acceptors (Lipinski definition) is 7. The van der Waals surface area contributed by atoms with E-state index in [4.69, 9.17) is 23.7 Å². The van der Waals surface area contributed by atoms with E-state index in [1.54, 1.807) is 27.4 Å². The monoisotopic (exact) mass is 308 g/mol. The second-order valence-electron chi connectivity index (χ2n) is 4.38. The third kappa shape index (κ3) is 3.96. The van der Waals surface area contributed by atoms with Gasteiger partial charge >= 0.3 is 0 Å². The smallest absolute Gasteiger partial charge is 0.224 e. The summed E-state index contributed by atoms with van der Waals surface area (Å²) in [7, 11) is 4.81. The third-order valence-corrected chi connectivity index (χ3v) is 2.95. The minimum atomic E-state index is 0.415. The molecule has 22 heavy (non-hydrogen) atoms. The summed E-state index contributed by atoms with van der Waals surface area (Å²) in [6.45, 7) is 1.81. The Bertz CT molecular complexity index is 606. The van der Waals surface area contributed by atoms with Gasteiger partial charge in [-0.15, -0.1) is 0 Å². The van der Waals surface area contributed by atoms with Crippen molar-refractivity contribution in [2.24, 2.45) is 0 Å². The van der Waals surface area contributed by atoms with Crippen LogP contribution in [0.4, 0.5) is 0 Å². The lowest BCUT2D eigenvalue weighted by Gasteiger charge is -2.14. The Morgan fingerprint density at radius 1 is 0.818 bits per heavy atom. The van der Waals surface area contributed by atoms with Crippen LogP contribution < -0.4 is 14.2 Å². The van der Waals surface area contributed by atoms with Crippen LogP contribution >= 0.6 is 0 Å². The van der Waals surface area contributed by atoms with Crippen molar-refractivity contribution in [3.63, 3.8) is 0 Å². The summed E-state index contributed by atoms with van der Waals surface area (Å²) in [4.78, 5) is 8.33. The van der Waals surface area contributed by atoms with Gasteiger partial charge in [-0.25, -0.2) is 9.97 Å². The maximum absolute atomic E-state index is 5.71. The number of aromatic nitrogens is 2. The molecule has 7 nitrogen and oxygen atoms in total. The lowest BCUT2D eigenvalue weighted by atomic mass is 10.2. The maximum atomic E-state index is 5.71. The minimum Gasteiger partial charge on any atom is -0.487 e. The number of fused-ring (bicyclic) bond motifs is 1. The van der Waals surface area contributed by atoms with Crippen LogP contribution in [-0.4, -0.2) is 57.7 Å². The fourth-order valence-electron chi connectivity index (χ4n) is 1.90. The summed E-state index contributed by atoms with van der Waals surface area (Å²) in [5, 5.41) is 0.761. The topological polar surface area (TPSA) is 71.9 Å². The van der Waals surface area contributed by atoms with Crippen molar-refractivity contribution in [1.29, 1.82) is 0 Å². The molecule has 2 rings (SSSR count). The highest BCUT2D eigenvalue weighted by Gasteiger charge is 2.12. The average molecular weight is 308 g/mol. The second kappa shape index (κ2) is 8.35. The molecule has 1 aromatic heterocycles. The van der Waals surface area contributed by atoms with Crippen molar-refractivity contribution >= 4 is 10.9 Å². The number of ether oxygens (including phenoxy) is 5. The van der Waals surface area contributed by atoms with E-state index in [0.29, 0.717) is 43.8 Å². The van der Waals surface area contributed by atoms with Crippen LogP contribution in [-0.2, 0) is 9.47 Å². The Labute approximate surface area is 129 Å². The SMILES string of the molecule is COCCOc1cc2ncnc(OC)c2cc1OCCOC. The van der Waals surface area contributed by atoms with Gasteiger partial charge in [0.15, 0.2) is 11.5 Å². The van der Waals surface area contributed by atoms with Crippen molar-refractivity contribution < 1.29 is 23.7 Å². The van der Waals surface area contributed by atoms with Crippen molar-refractivity contribution in [3.05, 3.63) is 18.5 Å². The zero-order chi connectivity index (χ0) is 15.8. The van der Waals surface area contributed by atoms with Gasteiger partial charge in [-0.2, -0.15) is 0 Å². The van der Waals surface area contributed by atoms with Crippen molar-refractivity contribution in [2.75, 3.05) is 47.8 Å². The van der Waals surface area contributed by atoms with Gasteiger partial charge in [0, 0.05) is 20.3 Å². The summed E-state index contributed by atoms with van der Waals surface area (Å²) < 4.78 is 26.7. The number of nitrogens with zero attached hydrogens (tertiary/aromatic N) is 2. The number of hydrogen-bond donors (Lipinski definition) is 0. The van der Waals surface area contributed by atoms with E-state index in [2.05, 4.69) is 9.97 Å². The predicted octanol–water partition coefficient (Wildman–Crippen LogP) is 1.69. The first kappa shape index (κ1) is 16.3. The van der Waals surface area contributed by atoms with Crippen LogP contribution in [0.1, 0.15) is 0 Å². The molecule has 0 saturated carbocycles. The van der Waals surface area contributed by atoms with Gasteiger partial charge < -0.3 is 23.7 Å². The molecule has 0 amide bonds. The number of methoxy groups -OCH3 is 3. The van der Waals surface area contributed by atoms with Crippen molar-refractivity contribution in [1.82, 2.24) is 9.97 Å². The molecule has 0 unspecified atom stereocenters. The van der Waals surface area contributed by atoms with Gasteiger partial charge in [0.1, 0.15) is 19.5 Å². The molecule has 0 atom stereocenters. The van der Waals surface area contributed by atoms with E-state index in [1.165, 1.54) is 6.33 Å². The minimum absolute atomic E-state index is 0.415. The molecular weight excluding hydrogens is 288 g/mol. The van der Waals surface area contributed by atoms with Gasteiger partial charge in [-0.05, 0) is 6.07 Å². The van der Waals surface area contributed by atoms with Crippen molar-refractivity contribution in [2.45, 2.75) is 0 Å². The van der Waals surface area contributed by atoms with Gasteiger partial charge in [-0.1, -0.05) is 0 Å². The zero-order valence-electron chi connectivity index (χ0n) is 13.0. The molecule has 0 N–H and O–H groups in total. The molecule has 0 radical (unpaired) electrons. The lowest BCUT2D eigenvalue weighted by Crippen LogP contribution is -2.08. The molecule has 0 fully saturated rings. The summed E-state index contributed by atoms with van der Waals surface area (Å²) in [6, 6.07) is 3.61. The van der Waals surface area contributed by atoms with E-state index in [9.17, 15) is 0 Å². The van der Waals surface area contributed by atoms with Crippen LogP contribution in [0, 0.1) is 0 Å².